The largest absolute Gasteiger partial charge is 0.497 e. The molecular weight excluding hydrogens is 266 g/mol. The van der Waals surface area contributed by atoms with Crippen LogP contribution in [0.2, 0.25) is 0 Å². The zero-order chi connectivity index (χ0) is 15.8. The SMILES string of the molecule is COc1cc(CN(CCC(C)C)CC(C)O)cc(OC)c1. The molecule has 0 heterocycles. The van der Waals surface area contributed by atoms with E-state index < -0.39 is 0 Å². The highest BCUT2D eigenvalue weighted by Gasteiger charge is 2.11. The van der Waals surface area contributed by atoms with Crippen LogP contribution in [0.1, 0.15) is 32.8 Å². The minimum absolute atomic E-state index is 0.329. The van der Waals surface area contributed by atoms with Crippen molar-refractivity contribution in [2.24, 2.45) is 5.92 Å². The van der Waals surface area contributed by atoms with Crippen molar-refractivity contribution in [2.75, 3.05) is 27.3 Å². The zero-order valence-electron chi connectivity index (χ0n) is 13.9. The third-order valence-corrected chi connectivity index (χ3v) is 3.36. The Morgan fingerprint density at radius 3 is 2.05 bits per heavy atom. The van der Waals surface area contributed by atoms with E-state index in [1.54, 1.807) is 14.2 Å². The molecule has 1 N–H and O–H groups in total. The van der Waals surface area contributed by atoms with Gasteiger partial charge in [0.05, 0.1) is 20.3 Å². The molecule has 0 aliphatic carbocycles. The topological polar surface area (TPSA) is 41.9 Å². The number of ether oxygens (including phenoxy) is 2. The highest BCUT2D eigenvalue weighted by molar-refractivity contribution is 5.38. The maximum Gasteiger partial charge on any atom is 0.122 e. The molecular formula is C17H29NO3. The van der Waals surface area contributed by atoms with Crippen LogP contribution in [0.15, 0.2) is 18.2 Å². The van der Waals surface area contributed by atoms with Crippen molar-refractivity contribution in [3.05, 3.63) is 23.8 Å². The second-order valence-corrected chi connectivity index (χ2v) is 5.99. The van der Waals surface area contributed by atoms with Crippen molar-refractivity contribution in [1.82, 2.24) is 4.90 Å². The maximum absolute atomic E-state index is 9.68. The molecule has 0 aliphatic heterocycles. The first kappa shape index (κ1) is 17.8. The zero-order valence-corrected chi connectivity index (χ0v) is 13.9. The molecule has 0 bridgehead atoms. The second kappa shape index (κ2) is 8.90. The molecule has 0 saturated heterocycles. The molecule has 21 heavy (non-hydrogen) atoms. The summed E-state index contributed by atoms with van der Waals surface area (Å²) in [7, 11) is 3.32. The van der Waals surface area contributed by atoms with Gasteiger partial charge in [-0.3, -0.25) is 4.90 Å². The molecule has 0 aliphatic rings. The number of nitrogens with zero attached hydrogens (tertiary/aromatic N) is 1. The Labute approximate surface area is 128 Å². The predicted molar refractivity (Wildman–Crippen MR) is 86.0 cm³/mol. The van der Waals surface area contributed by atoms with Gasteiger partial charge in [-0.15, -0.1) is 0 Å². The van der Waals surface area contributed by atoms with E-state index in [-0.39, 0.29) is 6.10 Å². The first-order valence-electron chi connectivity index (χ1n) is 7.57. The van der Waals surface area contributed by atoms with Crippen molar-refractivity contribution in [2.45, 2.75) is 39.8 Å². The standard InChI is InChI=1S/C17H29NO3/c1-13(2)6-7-18(11-14(3)19)12-15-8-16(20-4)10-17(9-15)21-5/h8-10,13-14,19H,6-7,11-12H2,1-5H3. The lowest BCUT2D eigenvalue weighted by Crippen LogP contribution is -2.32. The third-order valence-electron chi connectivity index (χ3n) is 3.36. The Bertz CT molecular complexity index is 396. The Morgan fingerprint density at radius 1 is 1.05 bits per heavy atom. The van der Waals surface area contributed by atoms with Gasteiger partial charge in [0, 0.05) is 19.2 Å². The molecule has 120 valence electrons. The minimum Gasteiger partial charge on any atom is -0.497 e. The summed E-state index contributed by atoms with van der Waals surface area (Å²) in [6, 6.07) is 5.91. The average molecular weight is 295 g/mol. The van der Waals surface area contributed by atoms with Gasteiger partial charge in [0.2, 0.25) is 0 Å². The lowest BCUT2D eigenvalue weighted by Gasteiger charge is -2.25. The van der Waals surface area contributed by atoms with Crippen molar-refractivity contribution in [3.8, 4) is 11.5 Å². The summed E-state index contributed by atoms with van der Waals surface area (Å²) in [4.78, 5) is 2.28. The Balaban J connectivity index is 2.80. The molecule has 0 fully saturated rings. The van der Waals surface area contributed by atoms with E-state index in [2.05, 4.69) is 18.7 Å². The van der Waals surface area contributed by atoms with Crippen LogP contribution < -0.4 is 9.47 Å². The number of hydrogen-bond acceptors (Lipinski definition) is 4. The smallest absolute Gasteiger partial charge is 0.122 e. The summed E-state index contributed by atoms with van der Waals surface area (Å²) >= 11 is 0. The molecule has 0 spiro atoms. The van der Waals surface area contributed by atoms with Crippen molar-refractivity contribution >= 4 is 0 Å². The third kappa shape index (κ3) is 6.82. The summed E-state index contributed by atoms with van der Waals surface area (Å²) in [5.74, 6) is 2.25. The van der Waals surface area contributed by atoms with Gasteiger partial charge in [-0.2, -0.15) is 0 Å². The van der Waals surface area contributed by atoms with E-state index in [0.717, 1.165) is 36.6 Å². The van der Waals surface area contributed by atoms with Crippen molar-refractivity contribution in [1.29, 1.82) is 0 Å². The quantitative estimate of drug-likeness (QED) is 0.760. The molecule has 0 saturated carbocycles. The Morgan fingerprint density at radius 2 is 1.62 bits per heavy atom. The van der Waals surface area contributed by atoms with E-state index in [0.29, 0.717) is 12.5 Å². The maximum atomic E-state index is 9.68. The van der Waals surface area contributed by atoms with E-state index in [9.17, 15) is 5.11 Å². The summed E-state index contributed by atoms with van der Waals surface area (Å²) < 4.78 is 10.6. The summed E-state index contributed by atoms with van der Waals surface area (Å²) in [5, 5.41) is 9.68. The average Bonchev–Trinajstić information content (AvgIpc) is 2.43. The van der Waals surface area contributed by atoms with Gasteiger partial charge < -0.3 is 14.6 Å². The fourth-order valence-electron chi connectivity index (χ4n) is 2.27. The number of rotatable bonds is 9. The molecule has 0 aromatic heterocycles. The minimum atomic E-state index is -0.329. The number of aliphatic hydroxyl groups is 1. The normalized spacial score (nSPS) is 12.8. The number of benzene rings is 1. The summed E-state index contributed by atoms with van der Waals surface area (Å²) in [5.41, 5.74) is 1.13. The van der Waals surface area contributed by atoms with Gasteiger partial charge in [-0.05, 0) is 43.5 Å². The number of aliphatic hydroxyl groups excluding tert-OH is 1. The van der Waals surface area contributed by atoms with Crippen molar-refractivity contribution < 1.29 is 14.6 Å². The van der Waals surface area contributed by atoms with E-state index >= 15 is 0 Å². The molecule has 1 rings (SSSR count). The van der Waals surface area contributed by atoms with E-state index in [1.807, 2.05) is 25.1 Å². The van der Waals surface area contributed by atoms with Crippen LogP contribution in [0.5, 0.6) is 11.5 Å². The predicted octanol–water partition coefficient (Wildman–Crippen LogP) is 2.93. The number of hydrogen-bond donors (Lipinski definition) is 1. The summed E-state index contributed by atoms with van der Waals surface area (Å²) in [6.45, 7) is 8.69. The van der Waals surface area contributed by atoms with Gasteiger partial charge in [0.1, 0.15) is 11.5 Å². The van der Waals surface area contributed by atoms with Crippen LogP contribution in [0.3, 0.4) is 0 Å². The Hall–Kier alpha value is -1.26. The van der Waals surface area contributed by atoms with Crippen LogP contribution in [0.4, 0.5) is 0 Å². The van der Waals surface area contributed by atoms with Crippen LogP contribution in [-0.2, 0) is 6.54 Å². The van der Waals surface area contributed by atoms with Gasteiger partial charge in [-0.1, -0.05) is 13.8 Å². The second-order valence-electron chi connectivity index (χ2n) is 5.99. The van der Waals surface area contributed by atoms with Gasteiger partial charge in [0.15, 0.2) is 0 Å². The summed E-state index contributed by atoms with van der Waals surface area (Å²) in [6.07, 6.45) is 0.790. The van der Waals surface area contributed by atoms with E-state index in [1.165, 1.54) is 0 Å². The van der Waals surface area contributed by atoms with Gasteiger partial charge in [-0.25, -0.2) is 0 Å². The molecule has 1 aromatic rings. The lowest BCUT2D eigenvalue weighted by molar-refractivity contribution is 0.119. The molecule has 4 heteroatoms. The Kier molecular flexibility index (Phi) is 7.54. The fourth-order valence-corrected chi connectivity index (χ4v) is 2.27. The van der Waals surface area contributed by atoms with Gasteiger partial charge in [0.25, 0.3) is 0 Å². The van der Waals surface area contributed by atoms with Crippen LogP contribution in [0, 0.1) is 5.92 Å². The first-order chi connectivity index (χ1) is 9.94. The highest BCUT2D eigenvalue weighted by Crippen LogP contribution is 2.23. The van der Waals surface area contributed by atoms with Crippen LogP contribution in [-0.4, -0.2) is 43.4 Å². The van der Waals surface area contributed by atoms with E-state index in [4.69, 9.17) is 9.47 Å². The monoisotopic (exact) mass is 295 g/mol. The lowest BCUT2D eigenvalue weighted by atomic mass is 10.1. The highest BCUT2D eigenvalue weighted by atomic mass is 16.5. The molecule has 1 aromatic carbocycles. The fraction of sp³-hybridized carbons (Fsp3) is 0.647. The molecule has 4 nitrogen and oxygen atoms in total. The van der Waals surface area contributed by atoms with Crippen LogP contribution >= 0.6 is 0 Å². The molecule has 0 amide bonds. The molecule has 1 atom stereocenters. The molecule has 0 radical (unpaired) electrons. The number of methoxy groups -OCH3 is 2. The van der Waals surface area contributed by atoms with Crippen molar-refractivity contribution in [3.63, 3.8) is 0 Å². The van der Waals surface area contributed by atoms with Crippen LogP contribution in [0.25, 0.3) is 0 Å². The first-order valence-corrected chi connectivity index (χ1v) is 7.57. The molecule has 1 unspecified atom stereocenters. The van der Waals surface area contributed by atoms with Gasteiger partial charge >= 0.3 is 0 Å².